The van der Waals surface area contributed by atoms with Gasteiger partial charge in [-0.05, 0) is 25.1 Å². The van der Waals surface area contributed by atoms with Crippen molar-refractivity contribution in [1.29, 1.82) is 0 Å². The lowest BCUT2D eigenvalue weighted by Gasteiger charge is -2.15. The van der Waals surface area contributed by atoms with Gasteiger partial charge in [0.25, 0.3) is 0 Å². The van der Waals surface area contributed by atoms with Crippen molar-refractivity contribution in [2.75, 3.05) is 13.2 Å². The Morgan fingerprint density at radius 1 is 1.32 bits per heavy atom. The summed E-state index contributed by atoms with van der Waals surface area (Å²) in [6, 6.07) is 6.67. The molecule has 0 amide bonds. The van der Waals surface area contributed by atoms with Crippen LogP contribution in [0, 0.1) is 0 Å². The lowest BCUT2D eigenvalue weighted by molar-refractivity contribution is 0.0528. The van der Waals surface area contributed by atoms with Crippen LogP contribution in [-0.4, -0.2) is 37.0 Å². The summed E-state index contributed by atoms with van der Waals surface area (Å²) in [7, 11) is -1.08. The van der Waals surface area contributed by atoms with E-state index in [-0.39, 0.29) is 5.97 Å². The summed E-state index contributed by atoms with van der Waals surface area (Å²) < 4.78 is 12.6. The zero-order valence-electron chi connectivity index (χ0n) is 13.8. The number of aromatic nitrogens is 2. The van der Waals surface area contributed by atoms with Crippen LogP contribution in [0.1, 0.15) is 17.3 Å². The second-order valence-electron chi connectivity index (χ2n) is 6.45. The third kappa shape index (κ3) is 4.17. The van der Waals surface area contributed by atoms with E-state index in [1.54, 1.807) is 23.9 Å². The van der Waals surface area contributed by atoms with Gasteiger partial charge >= 0.3 is 5.97 Å². The molecular formula is C16H24N2O3Si. The Bertz CT molecular complexity index is 646. The number of esters is 1. The molecule has 1 aromatic carbocycles. The summed E-state index contributed by atoms with van der Waals surface area (Å²) in [5.41, 5.74) is 1.44. The van der Waals surface area contributed by atoms with E-state index in [9.17, 15) is 4.79 Å². The number of carbonyl (C=O) groups excluding carboxylic acids is 1. The minimum Gasteiger partial charge on any atom is -0.462 e. The Labute approximate surface area is 132 Å². The van der Waals surface area contributed by atoms with E-state index in [2.05, 4.69) is 24.7 Å². The fourth-order valence-electron chi connectivity index (χ4n) is 2.12. The van der Waals surface area contributed by atoms with Crippen molar-refractivity contribution in [3.8, 4) is 0 Å². The molecule has 22 heavy (non-hydrogen) atoms. The molecule has 0 radical (unpaired) electrons. The molecule has 6 heteroatoms. The summed E-state index contributed by atoms with van der Waals surface area (Å²) in [4.78, 5) is 12.0. The summed E-state index contributed by atoms with van der Waals surface area (Å²) >= 11 is 0. The van der Waals surface area contributed by atoms with Crippen molar-refractivity contribution < 1.29 is 14.3 Å². The number of hydrogen-bond acceptors (Lipinski definition) is 4. The second-order valence-corrected chi connectivity index (χ2v) is 12.1. The molecule has 0 aliphatic heterocycles. The van der Waals surface area contributed by atoms with Gasteiger partial charge in [0.15, 0.2) is 0 Å². The molecule has 0 fully saturated rings. The highest BCUT2D eigenvalue weighted by Crippen LogP contribution is 2.19. The summed E-state index contributed by atoms with van der Waals surface area (Å²) in [6.45, 7) is 10.3. The summed E-state index contributed by atoms with van der Waals surface area (Å²) in [5, 5.41) is 5.13. The van der Waals surface area contributed by atoms with Crippen LogP contribution in [-0.2, 0) is 16.2 Å². The Morgan fingerprint density at radius 3 is 2.77 bits per heavy atom. The lowest BCUT2D eigenvalue weighted by atomic mass is 10.1. The van der Waals surface area contributed by atoms with Crippen LogP contribution in [0.2, 0.25) is 25.7 Å². The molecule has 2 rings (SSSR count). The van der Waals surface area contributed by atoms with Crippen LogP contribution < -0.4 is 0 Å². The van der Waals surface area contributed by atoms with E-state index in [0.29, 0.717) is 18.9 Å². The number of hydrogen-bond donors (Lipinski definition) is 0. The molecule has 0 unspecified atom stereocenters. The summed E-state index contributed by atoms with van der Waals surface area (Å²) in [6.07, 6.45) is 1.70. The molecule has 5 nitrogen and oxygen atoms in total. The topological polar surface area (TPSA) is 53.3 Å². The molecular weight excluding hydrogens is 296 g/mol. The van der Waals surface area contributed by atoms with E-state index >= 15 is 0 Å². The minimum atomic E-state index is -1.08. The molecule has 0 spiro atoms. The van der Waals surface area contributed by atoms with Crippen LogP contribution >= 0.6 is 0 Å². The molecule has 1 heterocycles. The number of nitrogens with zero attached hydrogens (tertiary/aromatic N) is 2. The Kier molecular flexibility index (Phi) is 5.36. The SMILES string of the molecule is CCOC(=O)c1cccc2c1cnn2COCC[Si](C)(C)C. The molecule has 0 aliphatic rings. The Morgan fingerprint density at radius 2 is 2.09 bits per heavy atom. The fourth-order valence-corrected chi connectivity index (χ4v) is 2.88. The average molecular weight is 320 g/mol. The molecule has 120 valence electrons. The molecule has 0 aliphatic carbocycles. The van der Waals surface area contributed by atoms with Crippen molar-refractivity contribution in [2.45, 2.75) is 39.3 Å². The van der Waals surface area contributed by atoms with E-state index in [0.717, 1.165) is 23.6 Å². The third-order valence-electron chi connectivity index (χ3n) is 3.39. The van der Waals surface area contributed by atoms with Gasteiger partial charge in [-0.1, -0.05) is 25.7 Å². The van der Waals surface area contributed by atoms with E-state index in [1.165, 1.54) is 0 Å². The molecule has 0 saturated carbocycles. The van der Waals surface area contributed by atoms with E-state index < -0.39 is 8.07 Å². The maximum absolute atomic E-state index is 12.0. The second kappa shape index (κ2) is 7.06. The highest BCUT2D eigenvalue weighted by atomic mass is 28.3. The first kappa shape index (κ1) is 16.7. The zero-order chi connectivity index (χ0) is 16.2. The van der Waals surface area contributed by atoms with Crippen LogP contribution in [0.15, 0.2) is 24.4 Å². The number of fused-ring (bicyclic) bond motifs is 1. The van der Waals surface area contributed by atoms with Crippen molar-refractivity contribution in [1.82, 2.24) is 9.78 Å². The zero-order valence-corrected chi connectivity index (χ0v) is 14.8. The standard InChI is InChI=1S/C16H24N2O3Si/c1-5-21-16(19)13-7-6-8-15-14(13)11-17-18(15)12-20-9-10-22(2,3)4/h6-8,11H,5,9-10,12H2,1-4H3. The van der Waals surface area contributed by atoms with Crippen LogP contribution in [0.4, 0.5) is 0 Å². The van der Waals surface area contributed by atoms with Crippen LogP contribution in [0.3, 0.4) is 0 Å². The average Bonchev–Trinajstić information content (AvgIpc) is 2.86. The normalized spacial score (nSPS) is 11.8. The maximum atomic E-state index is 12.0. The highest BCUT2D eigenvalue weighted by molar-refractivity contribution is 6.76. The quantitative estimate of drug-likeness (QED) is 0.445. The van der Waals surface area contributed by atoms with Crippen molar-refractivity contribution >= 4 is 24.9 Å². The monoisotopic (exact) mass is 320 g/mol. The Hall–Kier alpha value is -1.66. The molecule has 1 aromatic heterocycles. The predicted molar refractivity (Wildman–Crippen MR) is 89.8 cm³/mol. The van der Waals surface area contributed by atoms with Crippen molar-refractivity contribution in [3.63, 3.8) is 0 Å². The van der Waals surface area contributed by atoms with Gasteiger partial charge in [0.2, 0.25) is 0 Å². The van der Waals surface area contributed by atoms with Gasteiger partial charge in [-0.2, -0.15) is 5.10 Å². The van der Waals surface area contributed by atoms with E-state index in [4.69, 9.17) is 9.47 Å². The number of carbonyl (C=O) groups is 1. The third-order valence-corrected chi connectivity index (χ3v) is 5.10. The van der Waals surface area contributed by atoms with Gasteiger partial charge in [0.1, 0.15) is 6.73 Å². The Balaban J connectivity index is 2.09. The molecule has 0 saturated heterocycles. The van der Waals surface area contributed by atoms with Gasteiger partial charge in [0, 0.05) is 20.1 Å². The van der Waals surface area contributed by atoms with Gasteiger partial charge < -0.3 is 9.47 Å². The predicted octanol–water partition coefficient (Wildman–Crippen LogP) is 3.53. The number of ether oxygens (including phenoxy) is 2. The fraction of sp³-hybridized carbons (Fsp3) is 0.500. The number of benzene rings is 1. The van der Waals surface area contributed by atoms with Crippen molar-refractivity contribution in [2.24, 2.45) is 0 Å². The van der Waals surface area contributed by atoms with Crippen LogP contribution in [0.25, 0.3) is 10.9 Å². The van der Waals surface area contributed by atoms with Gasteiger partial charge in [0.05, 0.1) is 23.9 Å². The summed E-state index contributed by atoms with van der Waals surface area (Å²) in [5.74, 6) is -0.313. The van der Waals surface area contributed by atoms with E-state index in [1.807, 2.05) is 12.1 Å². The molecule has 0 bridgehead atoms. The smallest absolute Gasteiger partial charge is 0.338 e. The van der Waals surface area contributed by atoms with Gasteiger partial charge in [-0.3, -0.25) is 0 Å². The van der Waals surface area contributed by atoms with Crippen LogP contribution in [0.5, 0.6) is 0 Å². The first-order valence-corrected chi connectivity index (χ1v) is 11.3. The first-order chi connectivity index (χ1) is 10.4. The van der Waals surface area contributed by atoms with Gasteiger partial charge in [-0.15, -0.1) is 0 Å². The van der Waals surface area contributed by atoms with Crippen molar-refractivity contribution in [3.05, 3.63) is 30.0 Å². The molecule has 0 N–H and O–H groups in total. The highest BCUT2D eigenvalue weighted by Gasteiger charge is 2.15. The largest absolute Gasteiger partial charge is 0.462 e. The molecule has 2 aromatic rings. The first-order valence-electron chi connectivity index (χ1n) is 7.62. The number of rotatable bonds is 7. The van der Waals surface area contributed by atoms with Gasteiger partial charge in [-0.25, -0.2) is 9.48 Å². The minimum absolute atomic E-state index is 0.313. The molecule has 0 atom stereocenters. The lowest BCUT2D eigenvalue weighted by Crippen LogP contribution is -2.22. The maximum Gasteiger partial charge on any atom is 0.338 e.